The highest BCUT2D eigenvalue weighted by Crippen LogP contribution is 2.25. The smallest absolute Gasteiger partial charge is 0.298 e. The van der Waals surface area contributed by atoms with Gasteiger partial charge in [0.25, 0.3) is 6.01 Å². The largest absolute Gasteiger partial charge is 0.468 e. The SMILES string of the molecule is C=C/C(=C\C=C/C)Cn1c(OC)nc2c(N)nc(Cl)nc21.CC. The lowest BCUT2D eigenvalue weighted by Crippen LogP contribution is -2.04. The molecule has 6 nitrogen and oxygen atoms in total. The number of methoxy groups -OCH3 is 1. The number of nitrogen functional groups attached to an aromatic ring is 1. The molecule has 2 rings (SSSR count). The zero-order chi connectivity index (χ0) is 17.4. The van der Waals surface area contributed by atoms with Crippen molar-refractivity contribution in [3.63, 3.8) is 0 Å². The Hall–Kier alpha value is -2.34. The molecule has 0 atom stereocenters. The predicted molar refractivity (Wildman–Crippen MR) is 95.7 cm³/mol. The van der Waals surface area contributed by atoms with Gasteiger partial charge in [-0.05, 0) is 24.1 Å². The van der Waals surface area contributed by atoms with Gasteiger partial charge in [-0.2, -0.15) is 15.0 Å². The third-order valence-corrected chi connectivity index (χ3v) is 3.02. The van der Waals surface area contributed by atoms with E-state index in [-0.39, 0.29) is 11.1 Å². The average Bonchev–Trinajstić information content (AvgIpc) is 2.91. The van der Waals surface area contributed by atoms with Crippen LogP contribution in [0.2, 0.25) is 5.28 Å². The summed E-state index contributed by atoms with van der Waals surface area (Å²) in [6, 6.07) is 0.390. The quantitative estimate of drug-likeness (QED) is 0.664. The summed E-state index contributed by atoms with van der Waals surface area (Å²) >= 11 is 5.87. The normalized spacial score (nSPS) is 11.4. The van der Waals surface area contributed by atoms with Gasteiger partial charge in [-0.15, -0.1) is 0 Å². The molecular weight excluding hydrogens is 314 g/mol. The Morgan fingerprint density at radius 3 is 2.61 bits per heavy atom. The molecule has 0 radical (unpaired) electrons. The van der Waals surface area contributed by atoms with E-state index in [9.17, 15) is 0 Å². The van der Waals surface area contributed by atoms with Crippen LogP contribution in [0, 0.1) is 0 Å². The van der Waals surface area contributed by atoms with Crippen LogP contribution < -0.4 is 10.5 Å². The van der Waals surface area contributed by atoms with Crippen molar-refractivity contribution in [2.45, 2.75) is 27.3 Å². The van der Waals surface area contributed by atoms with Gasteiger partial charge >= 0.3 is 0 Å². The first-order chi connectivity index (χ1) is 11.1. The molecule has 2 aromatic heterocycles. The molecule has 0 aromatic carbocycles. The van der Waals surface area contributed by atoms with E-state index in [0.29, 0.717) is 23.7 Å². The number of hydrogen-bond donors (Lipinski definition) is 1. The van der Waals surface area contributed by atoms with Crippen molar-refractivity contribution in [1.29, 1.82) is 0 Å². The van der Waals surface area contributed by atoms with E-state index < -0.39 is 0 Å². The highest BCUT2D eigenvalue weighted by molar-refractivity contribution is 6.28. The summed E-state index contributed by atoms with van der Waals surface area (Å²) in [5.41, 5.74) is 7.79. The summed E-state index contributed by atoms with van der Waals surface area (Å²) in [6.07, 6.45) is 7.57. The maximum Gasteiger partial charge on any atom is 0.298 e. The number of nitrogens with two attached hydrogens (primary N) is 1. The van der Waals surface area contributed by atoms with Crippen molar-refractivity contribution in [3.8, 4) is 6.01 Å². The van der Waals surface area contributed by atoms with E-state index in [1.54, 1.807) is 10.6 Å². The van der Waals surface area contributed by atoms with Gasteiger partial charge in [-0.1, -0.05) is 44.7 Å². The minimum absolute atomic E-state index is 0.0707. The molecule has 0 aliphatic heterocycles. The molecule has 124 valence electrons. The van der Waals surface area contributed by atoms with Crippen LogP contribution in [0.3, 0.4) is 0 Å². The van der Waals surface area contributed by atoms with Crippen LogP contribution in [-0.4, -0.2) is 26.6 Å². The Balaban J connectivity index is 0.00000127. The maximum atomic E-state index is 5.87. The summed E-state index contributed by atoms with van der Waals surface area (Å²) in [4.78, 5) is 12.4. The summed E-state index contributed by atoms with van der Waals surface area (Å²) < 4.78 is 7.06. The van der Waals surface area contributed by atoms with Crippen LogP contribution in [0.4, 0.5) is 5.82 Å². The first kappa shape index (κ1) is 18.7. The van der Waals surface area contributed by atoms with Crippen LogP contribution in [0.15, 0.2) is 36.5 Å². The van der Waals surface area contributed by atoms with Gasteiger partial charge in [0.15, 0.2) is 17.0 Å². The first-order valence-corrected chi connectivity index (χ1v) is 7.66. The second-order valence-corrected chi connectivity index (χ2v) is 4.54. The van der Waals surface area contributed by atoms with E-state index in [2.05, 4.69) is 21.5 Å². The molecule has 7 heteroatoms. The summed E-state index contributed by atoms with van der Waals surface area (Å²) in [6.45, 7) is 10.2. The summed E-state index contributed by atoms with van der Waals surface area (Å²) in [5.74, 6) is 0.222. The molecule has 0 fully saturated rings. The Labute approximate surface area is 141 Å². The second-order valence-electron chi connectivity index (χ2n) is 4.21. The number of aromatic nitrogens is 4. The van der Waals surface area contributed by atoms with Gasteiger partial charge < -0.3 is 10.5 Å². The van der Waals surface area contributed by atoms with Gasteiger partial charge in [-0.25, -0.2) is 0 Å². The van der Waals surface area contributed by atoms with Crippen LogP contribution in [-0.2, 0) is 6.54 Å². The Bertz CT molecular complexity index is 734. The van der Waals surface area contributed by atoms with E-state index in [0.717, 1.165) is 5.57 Å². The fourth-order valence-corrected chi connectivity index (χ4v) is 2.03. The van der Waals surface area contributed by atoms with E-state index in [1.165, 1.54) is 7.11 Å². The average molecular weight is 336 g/mol. The predicted octanol–water partition coefficient (Wildman–Crippen LogP) is 3.79. The van der Waals surface area contributed by atoms with E-state index in [4.69, 9.17) is 22.1 Å². The van der Waals surface area contributed by atoms with Gasteiger partial charge in [0.1, 0.15) is 0 Å². The number of halogens is 1. The van der Waals surface area contributed by atoms with Crippen LogP contribution >= 0.6 is 11.6 Å². The summed E-state index contributed by atoms with van der Waals surface area (Å²) in [5, 5.41) is 0.0707. The molecule has 0 aliphatic carbocycles. The number of rotatable bonds is 5. The molecule has 0 bridgehead atoms. The topological polar surface area (TPSA) is 78.9 Å². The molecule has 0 saturated heterocycles. The van der Waals surface area contributed by atoms with Crippen molar-refractivity contribution in [1.82, 2.24) is 19.5 Å². The van der Waals surface area contributed by atoms with Gasteiger partial charge in [0, 0.05) is 0 Å². The van der Waals surface area contributed by atoms with E-state index in [1.807, 2.05) is 39.0 Å². The number of ether oxygens (including phenoxy) is 1. The number of anilines is 1. The van der Waals surface area contributed by atoms with Crippen molar-refractivity contribution in [2.75, 3.05) is 12.8 Å². The Kier molecular flexibility index (Phi) is 7.28. The van der Waals surface area contributed by atoms with Crippen molar-refractivity contribution >= 4 is 28.6 Å². The second kappa shape index (κ2) is 8.95. The van der Waals surface area contributed by atoms with Crippen molar-refractivity contribution in [2.24, 2.45) is 0 Å². The number of imidazole rings is 1. The summed E-state index contributed by atoms with van der Waals surface area (Å²) in [7, 11) is 1.53. The monoisotopic (exact) mass is 335 g/mol. The van der Waals surface area contributed by atoms with Gasteiger partial charge in [0.2, 0.25) is 5.28 Å². The molecule has 0 aliphatic rings. The minimum Gasteiger partial charge on any atom is -0.468 e. The molecule has 2 heterocycles. The number of hydrogen-bond acceptors (Lipinski definition) is 5. The number of nitrogens with zero attached hydrogens (tertiary/aromatic N) is 4. The van der Waals surface area contributed by atoms with Crippen LogP contribution in [0.1, 0.15) is 20.8 Å². The van der Waals surface area contributed by atoms with E-state index >= 15 is 0 Å². The fourth-order valence-electron chi connectivity index (χ4n) is 1.86. The Morgan fingerprint density at radius 1 is 1.35 bits per heavy atom. The highest BCUT2D eigenvalue weighted by atomic mass is 35.5. The van der Waals surface area contributed by atoms with Crippen LogP contribution in [0.25, 0.3) is 11.2 Å². The maximum absolute atomic E-state index is 5.87. The molecule has 2 aromatic rings. The lowest BCUT2D eigenvalue weighted by Gasteiger charge is -2.07. The molecule has 0 saturated carbocycles. The molecule has 0 unspecified atom stereocenters. The van der Waals surface area contributed by atoms with Crippen LogP contribution in [0.5, 0.6) is 6.01 Å². The fraction of sp³-hybridized carbons (Fsp3) is 0.312. The van der Waals surface area contributed by atoms with Crippen molar-refractivity contribution < 1.29 is 4.74 Å². The number of fused-ring (bicyclic) bond motifs is 1. The standard InChI is InChI=1S/C14H16ClN5O.C2H6/c1-4-6-7-9(5-2)8-20-12-10(17-14(20)21-3)11(16)18-13(15)19-12;1-2/h4-7H,2,8H2,1,3H3,(H2,16,18,19);1-2H3/b6-4-,9-7+;. The molecule has 2 N–H and O–H groups in total. The first-order valence-electron chi connectivity index (χ1n) is 7.28. The lowest BCUT2D eigenvalue weighted by molar-refractivity contribution is 0.363. The molecule has 23 heavy (non-hydrogen) atoms. The zero-order valence-corrected chi connectivity index (χ0v) is 14.6. The molecule has 0 spiro atoms. The highest BCUT2D eigenvalue weighted by Gasteiger charge is 2.17. The molecular formula is C16H22ClN5O. The van der Waals surface area contributed by atoms with Gasteiger partial charge in [0.05, 0.1) is 13.7 Å². The number of allylic oxidation sites excluding steroid dienone is 5. The van der Waals surface area contributed by atoms with Gasteiger partial charge in [-0.3, -0.25) is 4.57 Å². The third kappa shape index (κ3) is 4.32. The molecule has 0 amide bonds. The Morgan fingerprint density at radius 2 is 2.04 bits per heavy atom. The minimum atomic E-state index is 0.0707. The zero-order valence-electron chi connectivity index (χ0n) is 13.9. The third-order valence-electron chi connectivity index (χ3n) is 2.85. The van der Waals surface area contributed by atoms with Crippen molar-refractivity contribution in [3.05, 3.63) is 41.7 Å². The lowest BCUT2D eigenvalue weighted by atomic mass is 10.2.